The van der Waals surface area contributed by atoms with E-state index in [0.717, 1.165) is 38.8 Å². The quantitative estimate of drug-likeness (QED) is 0.750. The number of hydrogen-bond donors (Lipinski definition) is 2. The Morgan fingerprint density at radius 1 is 0.944 bits per heavy atom. The summed E-state index contributed by atoms with van der Waals surface area (Å²) >= 11 is 0. The van der Waals surface area contributed by atoms with Crippen LogP contribution in [0.4, 0.5) is 0 Å². The maximum absolute atomic E-state index is 10.7. The standard InChI is InChI=1S/C15H27NO2/c17-14-7-2-1-6-13(14)16-10-9-15(18)8-4-3-5-12(15)11-16/h12-14,17-18H,1-11H2/t12?,13-,14-,15?/m1/s1. The lowest BCUT2D eigenvalue weighted by Crippen LogP contribution is -2.58. The predicted octanol–water partition coefficient (Wildman–Crippen LogP) is 1.92. The zero-order valence-electron chi connectivity index (χ0n) is 11.4. The Kier molecular flexibility index (Phi) is 3.65. The summed E-state index contributed by atoms with van der Waals surface area (Å²) in [6, 6.07) is 0.366. The molecular formula is C15H27NO2. The molecule has 3 aliphatic rings. The number of fused-ring (bicyclic) bond motifs is 1. The van der Waals surface area contributed by atoms with E-state index in [2.05, 4.69) is 4.90 Å². The van der Waals surface area contributed by atoms with Crippen molar-refractivity contribution in [3.8, 4) is 0 Å². The van der Waals surface area contributed by atoms with E-state index >= 15 is 0 Å². The molecule has 3 rings (SSSR count). The van der Waals surface area contributed by atoms with Crippen LogP contribution < -0.4 is 0 Å². The SMILES string of the molecule is O[C@@H]1CCCC[C@H]1N1CCC2(O)CCCCC2C1. The van der Waals surface area contributed by atoms with Crippen molar-refractivity contribution in [2.45, 2.75) is 75.5 Å². The summed E-state index contributed by atoms with van der Waals surface area (Å²) in [5.74, 6) is 0.453. The third-order valence-corrected chi connectivity index (χ3v) is 5.62. The van der Waals surface area contributed by atoms with Gasteiger partial charge in [0.2, 0.25) is 0 Å². The van der Waals surface area contributed by atoms with Crippen LogP contribution in [0.1, 0.15) is 57.8 Å². The number of piperidine rings is 1. The lowest BCUT2D eigenvalue weighted by atomic mass is 9.70. The molecule has 2 unspecified atom stereocenters. The molecular weight excluding hydrogens is 226 g/mol. The van der Waals surface area contributed by atoms with E-state index in [1.807, 2.05) is 0 Å². The van der Waals surface area contributed by atoms with Crippen LogP contribution in [0.25, 0.3) is 0 Å². The molecule has 0 bridgehead atoms. The molecule has 2 saturated carbocycles. The molecule has 2 N–H and O–H groups in total. The number of likely N-dealkylation sites (tertiary alicyclic amines) is 1. The van der Waals surface area contributed by atoms with Gasteiger partial charge in [0.25, 0.3) is 0 Å². The lowest BCUT2D eigenvalue weighted by molar-refractivity contribution is -0.115. The minimum Gasteiger partial charge on any atom is -0.391 e. The Hall–Kier alpha value is -0.120. The topological polar surface area (TPSA) is 43.7 Å². The van der Waals surface area contributed by atoms with E-state index in [4.69, 9.17) is 0 Å². The number of rotatable bonds is 1. The molecule has 0 aromatic heterocycles. The van der Waals surface area contributed by atoms with E-state index < -0.39 is 0 Å². The number of aliphatic hydroxyl groups is 2. The highest BCUT2D eigenvalue weighted by atomic mass is 16.3. The summed E-state index contributed by atoms with van der Waals surface area (Å²) in [5, 5.41) is 20.9. The fraction of sp³-hybridized carbons (Fsp3) is 1.00. The van der Waals surface area contributed by atoms with Crippen LogP contribution >= 0.6 is 0 Å². The Balaban J connectivity index is 1.65. The van der Waals surface area contributed by atoms with Gasteiger partial charge in [-0.25, -0.2) is 0 Å². The van der Waals surface area contributed by atoms with Gasteiger partial charge in [-0.05, 0) is 32.1 Å². The van der Waals surface area contributed by atoms with Crippen LogP contribution in [0.3, 0.4) is 0 Å². The van der Waals surface area contributed by atoms with Gasteiger partial charge in [0, 0.05) is 25.0 Å². The van der Waals surface area contributed by atoms with Crippen LogP contribution in [0.2, 0.25) is 0 Å². The van der Waals surface area contributed by atoms with Crippen molar-refractivity contribution in [1.29, 1.82) is 0 Å². The maximum atomic E-state index is 10.7. The molecule has 0 aromatic rings. The Labute approximate surface area is 110 Å². The predicted molar refractivity (Wildman–Crippen MR) is 71.4 cm³/mol. The summed E-state index contributed by atoms with van der Waals surface area (Å²) in [7, 11) is 0. The highest BCUT2D eigenvalue weighted by Crippen LogP contribution is 2.41. The van der Waals surface area contributed by atoms with Crippen molar-refractivity contribution in [2.24, 2.45) is 5.92 Å². The van der Waals surface area contributed by atoms with Crippen molar-refractivity contribution in [1.82, 2.24) is 4.90 Å². The molecule has 1 heterocycles. The van der Waals surface area contributed by atoms with Gasteiger partial charge in [-0.3, -0.25) is 4.90 Å². The Morgan fingerprint density at radius 2 is 1.72 bits per heavy atom. The Morgan fingerprint density at radius 3 is 2.56 bits per heavy atom. The van der Waals surface area contributed by atoms with Crippen LogP contribution in [-0.4, -0.2) is 45.9 Å². The smallest absolute Gasteiger partial charge is 0.0700 e. The van der Waals surface area contributed by atoms with Crippen molar-refractivity contribution in [3.05, 3.63) is 0 Å². The van der Waals surface area contributed by atoms with Gasteiger partial charge in [-0.2, -0.15) is 0 Å². The first-order valence-corrected chi connectivity index (χ1v) is 7.83. The lowest BCUT2D eigenvalue weighted by Gasteiger charge is -2.50. The van der Waals surface area contributed by atoms with E-state index in [-0.39, 0.29) is 11.7 Å². The van der Waals surface area contributed by atoms with Gasteiger partial charge in [-0.15, -0.1) is 0 Å². The van der Waals surface area contributed by atoms with Crippen LogP contribution in [-0.2, 0) is 0 Å². The van der Waals surface area contributed by atoms with Gasteiger partial charge in [0.1, 0.15) is 0 Å². The van der Waals surface area contributed by atoms with Gasteiger partial charge in [-0.1, -0.05) is 25.7 Å². The number of hydrogen-bond acceptors (Lipinski definition) is 3. The average Bonchev–Trinajstić information content (AvgIpc) is 2.38. The molecule has 3 nitrogen and oxygen atoms in total. The summed E-state index contributed by atoms with van der Waals surface area (Å²) in [6.45, 7) is 1.99. The van der Waals surface area contributed by atoms with Crippen molar-refractivity contribution < 1.29 is 10.2 Å². The highest BCUT2D eigenvalue weighted by Gasteiger charge is 2.44. The van der Waals surface area contributed by atoms with Crippen molar-refractivity contribution in [3.63, 3.8) is 0 Å². The van der Waals surface area contributed by atoms with E-state index in [1.54, 1.807) is 0 Å². The van der Waals surface area contributed by atoms with Crippen molar-refractivity contribution >= 4 is 0 Å². The fourth-order valence-electron chi connectivity index (χ4n) is 4.42. The molecule has 0 aromatic carbocycles. The third kappa shape index (κ3) is 2.33. The van der Waals surface area contributed by atoms with Crippen LogP contribution in [0.5, 0.6) is 0 Å². The second-order valence-corrected chi connectivity index (χ2v) is 6.71. The second-order valence-electron chi connectivity index (χ2n) is 6.71. The van der Waals surface area contributed by atoms with Gasteiger partial charge < -0.3 is 10.2 Å². The van der Waals surface area contributed by atoms with E-state index in [1.165, 1.54) is 32.1 Å². The highest BCUT2D eigenvalue weighted by molar-refractivity contribution is 4.98. The summed E-state index contributed by atoms with van der Waals surface area (Å²) in [6.07, 6.45) is 9.98. The molecule has 0 radical (unpaired) electrons. The third-order valence-electron chi connectivity index (χ3n) is 5.62. The number of aliphatic hydroxyl groups excluding tert-OH is 1. The maximum Gasteiger partial charge on any atom is 0.0700 e. The van der Waals surface area contributed by atoms with Gasteiger partial charge in [0.15, 0.2) is 0 Å². The molecule has 2 aliphatic carbocycles. The molecule has 0 spiro atoms. The minimum absolute atomic E-state index is 0.131. The van der Waals surface area contributed by atoms with Crippen LogP contribution in [0, 0.1) is 5.92 Å². The molecule has 4 atom stereocenters. The summed E-state index contributed by atoms with van der Waals surface area (Å²) in [4.78, 5) is 2.48. The molecule has 0 amide bonds. The molecule has 3 fully saturated rings. The van der Waals surface area contributed by atoms with Crippen molar-refractivity contribution in [2.75, 3.05) is 13.1 Å². The monoisotopic (exact) mass is 253 g/mol. The van der Waals surface area contributed by atoms with E-state index in [9.17, 15) is 10.2 Å². The first-order valence-electron chi connectivity index (χ1n) is 7.83. The fourth-order valence-corrected chi connectivity index (χ4v) is 4.42. The minimum atomic E-state index is -0.381. The molecule has 1 saturated heterocycles. The molecule has 18 heavy (non-hydrogen) atoms. The largest absolute Gasteiger partial charge is 0.391 e. The molecule has 3 heteroatoms. The summed E-state index contributed by atoms with van der Waals surface area (Å²) in [5.41, 5.74) is -0.381. The summed E-state index contributed by atoms with van der Waals surface area (Å²) < 4.78 is 0. The van der Waals surface area contributed by atoms with Gasteiger partial charge in [0.05, 0.1) is 11.7 Å². The zero-order chi connectivity index (χ0) is 12.6. The zero-order valence-corrected chi connectivity index (χ0v) is 11.4. The van der Waals surface area contributed by atoms with Crippen LogP contribution in [0.15, 0.2) is 0 Å². The van der Waals surface area contributed by atoms with Gasteiger partial charge >= 0.3 is 0 Å². The molecule has 104 valence electrons. The first-order chi connectivity index (χ1) is 8.69. The first kappa shape index (κ1) is 12.9. The molecule has 1 aliphatic heterocycles. The second kappa shape index (κ2) is 5.10. The van der Waals surface area contributed by atoms with E-state index in [0.29, 0.717) is 12.0 Å². The number of nitrogens with zero attached hydrogens (tertiary/aromatic N) is 1. The normalized spacial score (nSPS) is 46.7. The average molecular weight is 253 g/mol. The Bertz CT molecular complexity index is 294.